The smallest absolute Gasteiger partial charge is 0.336 e. The molecule has 186 valence electrons. The van der Waals surface area contributed by atoms with Gasteiger partial charge >= 0.3 is 11.9 Å². The van der Waals surface area contributed by atoms with Crippen molar-refractivity contribution in [2.45, 2.75) is 65.3 Å². The van der Waals surface area contributed by atoms with E-state index in [1.54, 1.807) is 19.9 Å². The lowest BCUT2D eigenvalue weighted by atomic mass is 9.74. The molecule has 1 aliphatic heterocycles. The molecule has 2 atom stereocenters. The number of hydrogen-bond acceptors (Lipinski definition) is 5. The molecule has 0 saturated carbocycles. The predicted molar refractivity (Wildman–Crippen MR) is 136 cm³/mol. The number of aliphatic carboxylic acids is 1. The third kappa shape index (κ3) is 8.85. The highest BCUT2D eigenvalue weighted by Gasteiger charge is 2.33. The minimum atomic E-state index is -1.12. The zero-order chi connectivity index (χ0) is 23.0. The van der Waals surface area contributed by atoms with Crippen molar-refractivity contribution in [3.05, 3.63) is 42.0 Å². The van der Waals surface area contributed by atoms with Gasteiger partial charge in [-0.2, -0.15) is 13.5 Å². The molecule has 1 saturated heterocycles. The van der Waals surface area contributed by atoms with Gasteiger partial charge in [0, 0.05) is 24.1 Å². The van der Waals surface area contributed by atoms with Crippen LogP contribution >= 0.6 is 13.5 Å². The minimum absolute atomic E-state index is 0. The van der Waals surface area contributed by atoms with Gasteiger partial charge in [0.15, 0.2) is 0 Å². The quantitative estimate of drug-likeness (QED) is 0.333. The first-order valence-electron chi connectivity index (χ1n) is 10.9. The van der Waals surface area contributed by atoms with Crippen molar-refractivity contribution in [3.8, 4) is 5.75 Å². The van der Waals surface area contributed by atoms with Crippen LogP contribution in [-0.4, -0.2) is 54.0 Å². The highest BCUT2D eigenvalue weighted by Crippen LogP contribution is 2.37. The largest absolute Gasteiger partial charge is 0.480 e. The van der Waals surface area contributed by atoms with Crippen molar-refractivity contribution in [2.24, 2.45) is 5.92 Å². The first-order valence-corrected chi connectivity index (χ1v) is 10.9. The lowest BCUT2D eigenvalue weighted by molar-refractivity contribution is -0.142. The fraction of sp³-hybridized carbons (Fsp3) is 0.560. The van der Waals surface area contributed by atoms with Crippen LogP contribution in [0.2, 0.25) is 0 Å². The molecule has 1 heterocycles. The van der Waals surface area contributed by atoms with E-state index in [0.717, 1.165) is 50.1 Å². The van der Waals surface area contributed by atoms with E-state index >= 15 is 0 Å². The molecule has 1 aromatic carbocycles. The molecule has 7 nitrogen and oxygen atoms in total. The van der Waals surface area contributed by atoms with Crippen LogP contribution < -0.4 is 10.1 Å². The Bertz CT molecular complexity index is 827. The molecule has 0 bridgehead atoms. The van der Waals surface area contributed by atoms with E-state index in [9.17, 15) is 14.4 Å². The monoisotopic (exact) mass is 480 g/mol. The van der Waals surface area contributed by atoms with Gasteiger partial charge in [0.05, 0.1) is 0 Å². The Labute approximate surface area is 205 Å². The van der Waals surface area contributed by atoms with Crippen LogP contribution in [0.15, 0.2) is 36.4 Å². The van der Waals surface area contributed by atoms with E-state index in [2.05, 4.69) is 30.3 Å². The average molecular weight is 481 g/mol. The molecule has 1 aromatic rings. The summed E-state index contributed by atoms with van der Waals surface area (Å²) < 4.78 is 5.41. The van der Waals surface area contributed by atoms with Crippen LogP contribution in [0, 0.1) is 5.92 Å². The van der Waals surface area contributed by atoms with Gasteiger partial charge in [-0.25, -0.2) is 9.59 Å². The summed E-state index contributed by atoms with van der Waals surface area (Å²) in [5, 5.41) is 11.5. The van der Waals surface area contributed by atoms with Crippen molar-refractivity contribution in [2.75, 3.05) is 20.1 Å². The Hall–Kier alpha value is -2.32. The first-order chi connectivity index (χ1) is 14.7. The summed E-state index contributed by atoms with van der Waals surface area (Å²) in [6.07, 6.45) is 6.43. The number of nitrogens with zero attached hydrogens (tertiary/aromatic N) is 1. The molecule has 1 unspecified atom stereocenters. The first kappa shape index (κ1) is 30.7. The van der Waals surface area contributed by atoms with Crippen LogP contribution in [0.25, 0.3) is 0 Å². The van der Waals surface area contributed by atoms with Crippen molar-refractivity contribution in [1.82, 2.24) is 10.2 Å². The average Bonchev–Trinajstić information content (AvgIpc) is 2.92. The lowest BCUT2D eigenvalue weighted by Gasteiger charge is -2.35. The number of benzene rings is 1. The summed E-state index contributed by atoms with van der Waals surface area (Å²) in [4.78, 5) is 37.7. The molecule has 1 fully saturated rings. The second-order valence-corrected chi connectivity index (χ2v) is 8.68. The Balaban J connectivity index is 0.00000512. The molecule has 8 heteroatoms. The summed E-state index contributed by atoms with van der Waals surface area (Å²) in [7, 11) is 2.14. The van der Waals surface area contributed by atoms with Gasteiger partial charge in [-0.1, -0.05) is 46.8 Å². The zero-order valence-electron chi connectivity index (χ0n) is 19.4. The second-order valence-electron chi connectivity index (χ2n) is 8.68. The maximum atomic E-state index is 12.2. The summed E-state index contributed by atoms with van der Waals surface area (Å²) >= 11 is 0. The van der Waals surface area contributed by atoms with Crippen LogP contribution in [0.5, 0.6) is 5.75 Å². The van der Waals surface area contributed by atoms with Gasteiger partial charge in [-0.15, -0.1) is 0 Å². The molecule has 0 radical (unpaired) electrons. The topological polar surface area (TPSA) is 95.9 Å². The fourth-order valence-electron chi connectivity index (χ4n) is 4.15. The fourth-order valence-corrected chi connectivity index (χ4v) is 4.15. The van der Waals surface area contributed by atoms with Crippen LogP contribution in [0.4, 0.5) is 0 Å². The number of likely N-dealkylation sites (N-methyl/N-ethyl adjacent to an activating group) is 1. The van der Waals surface area contributed by atoms with Gasteiger partial charge in [0.2, 0.25) is 5.91 Å². The number of hydrogen-bond donors (Lipinski definition) is 2. The number of likely N-dealkylation sites (tertiary alicyclic amines) is 1. The highest BCUT2D eigenvalue weighted by molar-refractivity contribution is 7.59. The molecule has 0 aromatic heterocycles. The summed E-state index contributed by atoms with van der Waals surface area (Å²) in [6, 6.07) is 6.58. The number of carboxylic acids is 1. The van der Waals surface area contributed by atoms with Gasteiger partial charge in [-0.05, 0) is 56.5 Å². The SMILES string of the molecule is C.CCC1(c2cccc(OC(=O)/C=C/C(=O)N[C@H](C(=O)O)C(C)C)c2)CCCCN(C)C1.S. The number of carboxylic acid groups (broad SMARTS) is 1. The summed E-state index contributed by atoms with van der Waals surface area (Å²) in [5.41, 5.74) is 1.17. The normalized spacial score (nSPS) is 19.7. The maximum Gasteiger partial charge on any atom is 0.336 e. The molecule has 2 N–H and O–H groups in total. The Morgan fingerprint density at radius 1 is 1.24 bits per heavy atom. The number of carbonyl (C=O) groups is 3. The standard InChI is InChI=1S/C24H34N2O5.CH4.H2S/c1-5-24(13-6-7-14-26(4)16-24)18-9-8-10-19(15-18)31-21(28)12-11-20(27)25-22(17(2)3)23(29)30;;/h8-12,15,17,22H,5-7,13-14,16H2,1-4H3,(H,25,27)(H,29,30);1H4;1H2/b12-11+;;/t22-,24?;;/m0../s1. The molecule has 0 aliphatic carbocycles. The number of carbonyl (C=O) groups excluding carboxylic acids is 2. The number of rotatable bonds is 8. The van der Waals surface area contributed by atoms with E-state index in [0.29, 0.717) is 5.75 Å². The third-order valence-corrected chi connectivity index (χ3v) is 5.96. The number of esters is 1. The predicted octanol–water partition coefficient (Wildman–Crippen LogP) is 3.89. The zero-order valence-corrected chi connectivity index (χ0v) is 20.4. The molecule has 2 rings (SSSR count). The van der Waals surface area contributed by atoms with Gasteiger partial charge in [-0.3, -0.25) is 4.79 Å². The Kier molecular flexibility index (Phi) is 13.1. The molecule has 1 aliphatic rings. The van der Waals surface area contributed by atoms with Crippen molar-refractivity contribution >= 4 is 31.3 Å². The number of nitrogens with one attached hydrogen (secondary N) is 1. The molecular weight excluding hydrogens is 440 g/mol. The Morgan fingerprint density at radius 3 is 2.55 bits per heavy atom. The van der Waals surface area contributed by atoms with Crippen LogP contribution in [-0.2, 0) is 19.8 Å². The minimum Gasteiger partial charge on any atom is -0.480 e. The molecule has 1 amide bonds. The van der Waals surface area contributed by atoms with Gasteiger partial charge in [0.25, 0.3) is 0 Å². The third-order valence-electron chi connectivity index (χ3n) is 5.96. The van der Waals surface area contributed by atoms with Gasteiger partial charge in [0.1, 0.15) is 11.8 Å². The van der Waals surface area contributed by atoms with Crippen molar-refractivity contribution in [1.29, 1.82) is 0 Å². The van der Waals surface area contributed by atoms with Crippen LogP contribution in [0.1, 0.15) is 59.4 Å². The maximum absolute atomic E-state index is 12.2. The molecule has 0 spiro atoms. The number of ether oxygens (including phenoxy) is 1. The van der Waals surface area contributed by atoms with E-state index in [1.807, 2.05) is 12.1 Å². The van der Waals surface area contributed by atoms with Gasteiger partial charge < -0.3 is 20.1 Å². The van der Waals surface area contributed by atoms with Crippen LogP contribution in [0.3, 0.4) is 0 Å². The van der Waals surface area contributed by atoms with Crippen molar-refractivity contribution in [3.63, 3.8) is 0 Å². The summed E-state index contributed by atoms with van der Waals surface area (Å²) in [5.74, 6) is -2.31. The highest BCUT2D eigenvalue weighted by atomic mass is 32.1. The number of amides is 1. The van der Waals surface area contributed by atoms with Crippen molar-refractivity contribution < 1.29 is 24.2 Å². The van der Waals surface area contributed by atoms with E-state index in [4.69, 9.17) is 9.84 Å². The van der Waals surface area contributed by atoms with E-state index in [-0.39, 0.29) is 32.3 Å². The van der Waals surface area contributed by atoms with E-state index in [1.165, 1.54) is 6.42 Å². The molecular formula is C25H40N2O5S. The second kappa shape index (κ2) is 14.1. The molecule has 33 heavy (non-hydrogen) atoms. The van der Waals surface area contributed by atoms with E-state index < -0.39 is 23.9 Å². The lowest BCUT2D eigenvalue weighted by Crippen LogP contribution is -2.43. The Morgan fingerprint density at radius 2 is 1.94 bits per heavy atom. The summed E-state index contributed by atoms with van der Waals surface area (Å²) in [6.45, 7) is 7.63.